The van der Waals surface area contributed by atoms with Crippen molar-refractivity contribution in [2.75, 3.05) is 31.7 Å². The van der Waals surface area contributed by atoms with Crippen LogP contribution in [0.1, 0.15) is 67.2 Å². The molecule has 0 bridgehead atoms. The zero-order chi connectivity index (χ0) is 32.2. The fourth-order valence-electron chi connectivity index (χ4n) is 6.93. The van der Waals surface area contributed by atoms with Crippen molar-refractivity contribution in [3.05, 3.63) is 41.3 Å². The molecular weight excluding hydrogens is 601 g/mol. The van der Waals surface area contributed by atoms with E-state index >= 15 is 0 Å². The summed E-state index contributed by atoms with van der Waals surface area (Å²) in [4.78, 5) is 12.3. The molecule has 0 atom stereocenters. The number of nitrogens with one attached hydrogen (secondary N) is 1. The van der Waals surface area contributed by atoms with Gasteiger partial charge in [0.25, 0.3) is 0 Å². The Morgan fingerprint density at radius 2 is 1.09 bits per heavy atom. The monoisotopic (exact) mass is 644 g/mol. The smallest absolute Gasteiger partial charge is 0.243 e. The van der Waals surface area contributed by atoms with Crippen LogP contribution in [0.5, 0.6) is 0 Å². The second-order valence-corrected chi connectivity index (χ2v) is 18.3. The molecule has 0 radical (unpaired) electrons. The third kappa shape index (κ3) is 5.87. The molecule has 10 nitrogen and oxygen atoms in total. The van der Waals surface area contributed by atoms with Gasteiger partial charge in [0.1, 0.15) is 5.69 Å². The second-order valence-electron chi connectivity index (χ2n) is 14.4. The van der Waals surface area contributed by atoms with Crippen molar-refractivity contribution in [2.24, 2.45) is 27.8 Å². The van der Waals surface area contributed by atoms with Gasteiger partial charge in [-0.2, -0.15) is 8.61 Å². The zero-order valence-corrected chi connectivity index (χ0v) is 28.1. The first-order valence-electron chi connectivity index (χ1n) is 15.3. The highest BCUT2D eigenvalue weighted by Crippen LogP contribution is 2.44. The van der Waals surface area contributed by atoms with Crippen LogP contribution < -0.4 is 5.48 Å². The number of nitrogens with zero attached hydrogens (tertiary/aromatic N) is 3. The lowest BCUT2D eigenvalue weighted by molar-refractivity contribution is 0.154. The number of piperidine rings is 2. The van der Waals surface area contributed by atoms with Crippen LogP contribution in [-0.2, 0) is 20.0 Å². The lowest BCUT2D eigenvalue weighted by Crippen LogP contribution is -2.41. The largest absolute Gasteiger partial charge is 0.291 e. The molecule has 2 saturated heterocycles. The predicted octanol–water partition coefficient (Wildman–Crippen LogP) is 7.09. The molecular formula is C32H44N4O6S2. The van der Waals surface area contributed by atoms with E-state index < -0.39 is 20.0 Å². The van der Waals surface area contributed by atoms with Crippen molar-refractivity contribution >= 4 is 53.0 Å². The van der Waals surface area contributed by atoms with Crippen LogP contribution in [0.3, 0.4) is 0 Å². The van der Waals surface area contributed by atoms with Gasteiger partial charge in [-0.05, 0) is 77.8 Å². The van der Waals surface area contributed by atoms with Crippen LogP contribution in [0.4, 0.5) is 11.4 Å². The van der Waals surface area contributed by atoms with E-state index in [1.165, 1.54) is 45.0 Å². The van der Waals surface area contributed by atoms with Gasteiger partial charge in [0.2, 0.25) is 20.0 Å². The Bertz CT molecular complexity index is 1790. The maximum absolute atomic E-state index is 13.7. The summed E-state index contributed by atoms with van der Waals surface area (Å²) in [6.45, 7) is 14.7. The van der Waals surface area contributed by atoms with E-state index in [0.717, 1.165) is 25.7 Å². The number of hydrogen-bond donors (Lipinski definition) is 2. The molecule has 240 valence electrons. The van der Waals surface area contributed by atoms with Crippen LogP contribution in [0.2, 0.25) is 0 Å². The van der Waals surface area contributed by atoms with Gasteiger partial charge >= 0.3 is 0 Å². The van der Waals surface area contributed by atoms with Gasteiger partial charge < -0.3 is 0 Å². The number of rotatable bonds is 6. The summed E-state index contributed by atoms with van der Waals surface area (Å²) in [6, 6.07) is 8.78. The van der Waals surface area contributed by atoms with Gasteiger partial charge in [-0.25, -0.2) is 16.8 Å². The molecule has 2 heterocycles. The summed E-state index contributed by atoms with van der Waals surface area (Å²) < 4.78 is 57.7. The van der Waals surface area contributed by atoms with E-state index in [-0.39, 0.29) is 37.4 Å². The van der Waals surface area contributed by atoms with E-state index in [1.54, 1.807) is 0 Å². The van der Waals surface area contributed by atoms with E-state index in [4.69, 9.17) is 0 Å². The summed E-state index contributed by atoms with van der Waals surface area (Å²) in [5.74, 6) is 0.845. The average molecular weight is 645 g/mol. The van der Waals surface area contributed by atoms with Crippen LogP contribution >= 0.6 is 0 Å². The summed E-state index contributed by atoms with van der Waals surface area (Å²) in [5, 5.41) is 14.7. The number of benzene rings is 3. The number of nitroso groups, excluding NO2 is 1. The summed E-state index contributed by atoms with van der Waals surface area (Å²) >= 11 is 0. The SMILES string of the molecule is CC(C)(C)C1CCN(S(=O)(=O)c2ccc3c(NO)c4cc(S(=O)(=O)N5CCC(C(C)(C)C)CC5)ccc4c(N=O)c3c2)CC1. The molecule has 2 fully saturated rings. The highest BCUT2D eigenvalue weighted by Gasteiger charge is 2.36. The Balaban J connectivity index is 1.53. The minimum Gasteiger partial charge on any atom is -0.291 e. The van der Waals surface area contributed by atoms with Gasteiger partial charge in [-0.1, -0.05) is 53.7 Å². The fourth-order valence-corrected chi connectivity index (χ4v) is 9.92. The molecule has 0 aliphatic carbocycles. The molecule has 0 unspecified atom stereocenters. The van der Waals surface area contributed by atoms with Crippen molar-refractivity contribution in [3.8, 4) is 0 Å². The Kier molecular flexibility index (Phi) is 8.65. The normalized spacial score (nSPS) is 19.1. The number of anilines is 1. The minimum atomic E-state index is -3.85. The first kappa shape index (κ1) is 32.7. The van der Waals surface area contributed by atoms with Crippen LogP contribution in [-0.4, -0.2) is 56.8 Å². The first-order valence-corrected chi connectivity index (χ1v) is 18.2. The third-order valence-corrected chi connectivity index (χ3v) is 13.7. The van der Waals surface area contributed by atoms with Crippen LogP contribution in [0.15, 0.2) is 51.4 Å². The molecule has 2 aliphatic heterocycles. The molecule has 0 aromatic heterocycles. The molecule has 0 saturated carbocycles. The van der Waals surface area contributed by atoms with Crippen molar-refractivity contribution in [2.45, 2.75) is 77.0 Å². The number of hydrogen-bond acceptors (Lipinski definition) is 8. The van der Waals surface area contributed by atoms with E-state index in [2.05, 4.69) is 52.2 Å². The molecule has 3 aromatic carbocycles. The quantitative estimate of drug-likeness (QED) is 0.166. The average Bonchev–Trinajstić information content (AvgIpc) is 2.98. The Hall–Kier alpha value is -2.64. The molecule has 44 heavy (non-hydrogen) atoms. The lowest BCUT2D eigenvalue weighted by atomic mass is 9.76. The zero-order valence-electron chi connectivity index (χ0n) is 26.4. The third-order valence-electron chi connectivity index (χ3n) is 9.87. The summed E-state index contributed by atoms with van der Waals surface area (Å²) in [7, 11) is -7.69. The molecule has 12 heteroatoms. The molecule has 5 rings (SSSR count). The molecule has 3 aromatic rings. The first-order chi connectivity index (χ1) is 20.5. The molecule has 0 amide bonds. The lowest BCUT2D eigenvalue weighted by Gasteiger charge is -2.38. The van der Waals surface area contributed by atoms with Crippen LogP contribution in [0, 0.1) is 27.6 Å². The maximum Gasteiger partial charge on any atom is 0.243 e. The number of sulfonamides is 2. The van der Waals surface area contributed by atoms with E-state index in [1.807, 2.05) is 0 Å². The predicted molar refractivity (Wildman–Crippen MR) is 174 cm³/mol. The van der Waals surface area contributed by atoms with Gasteiger partial charge in [0, 0.05) is 47.7 Å². The highest BCUT2D eigenvalue weighted by molar-refractivity contribution is 7.89. The topological polar surface area (TPSA) is 136 Å². The maximum atomic E-state index is 13.7. The van der Waals surface area contributed by atoms with Gasteiger partial charge in [-0.15, -0.1) is 4.91 Å². The number of fused-ring (bicyclic) bond motifs is 2. The fraction of sp³-hybridized carbons (Fsp3) is 0.562. The van der Waals surface area contributed by atoms with Crippen molar-refractivity contribution in [1.82, 2.24) is 8.61 Å². The molecule has 2 N–H and O–H groups in total. The second kappa shape index (κ2) is 11.6. The van der Waals surface area contributed by atoms with Gasteiger partial charge in [-0.3, -0.25) is 10.7 Å². The minimum absolute atomic E-state index is 0.0209. The van der Waals surface area contributed by atoms with Crippen LogP contribution in [0.25, 0.3) is 21.5 Å². The standard InChI is InChI=1S/C32H44N4O6S2/c1-31(2,3)21-11-15-35(16-12-21)43(39,40)23-7-9-25-27(19-23)29(33-37)26-10-8-24(20-28(26)30(25)34-38)44(41,42)36-17-13-22(14-18-36)32(4,5)6/h7-10,19-22,33,37H,11-18H2,1-6H3. The van der Waals surface area contributed by atoms with Gasteiger partial charge in [0.05, 0.1) is 15.5 Å². The molecule has 0 spiro atoms. The van der Waals surface area contributed by atoms with Gasteiger partial charge in [0.15, 0.2) is 0 Å². The Morgan fingerprint density at radius 3 is 1.48 bits per heavy atom. The Labute approximate surface area is 260 Å². The molecule has 2 aliphatic rings. The van der Waals surface area contributed by atoms with Crippen molar-refractivity contribution in [1.29, 1.82) is 0 Å². The van der Waals surface area contributed by atoms with Crippen molar-refractivity contribution in [3.63, 3.8) is 0 Å². The summed E-state index contributed by atoms with van der Waals surface area (Å²) in [6.07, 6.45) is 3.06. The van der Waals surface area contributed by atoms with E-state index in [9.17, 15) is 26.9 Å². The van der Waals surface area contributed by atoms with Crippen molar-refractivity contribution < 1.29 is 22.0 Å². The highest BCUT2D eigenvalue weighted by atomic mass is 32.2. The Morgan fingerprint density at radius 1 is 0.682 bits per heavy atom. The summed E-state index contributed by atoms with van der Waals surface area (Å²) in [5.41, 5.74) is 2.52. The van der Waals surface area contributed by atoms with E-state index in [0.29, 0.717) is 54.2 Å².